The first-order valence-corrected chi connectivity index (χ1v) is 6.89. The van der Waals surface area contributed by atoms with Crippen molar-refractivity contribution in [3.63, 3.8) is 0 Å². The second-order valence-electron chi connectivity index (χ2n) is 3.94. The van der Waals surface area contributed by atoms with Gasteiger partial charge >= 0.3 is 0 Å². The maximum Gasteiger partial charge on any atom is 0.244 e. The first kappa shape index (κ1) is 12.6. The molecule has 0 atom stereocenters. The Balaban J connectivity index is 2.65. The number of terminal acetylenes is 1. The summed E-state index contributed by atoms with van der Waals surface area (Å²) in [6.07, 6.45) is 5.16. The maximum atomic E-state index is 12.4. The molecule has 0 aromatic heterocycles. The van der Waals surface area contributed by atoms with Gasteiger partial charge < -0.3 is 0 Å². The van der Waals surface area contributed by atoms with Crippen LogP contribution in [0.25, 0.3) is 10.8 Å². The predicted molar refractivity (Wildman–Crippen MR) is 72.6 cm³/mol. The van der Waals surface area contributed by atoms with Crippen molar-refractivity contribution in [1.29, 1.82) is 0 Å². The SMILES string of the molecule is C#CCN(C)S(=O)(=O)c1cccc2ccccc12. The lowest BCUT2D eigenvalue weighted by molar-refractivity contribution is 0.504. The Kier molecular flexibility index (Phi) is 3.37. The van der Waals surface area contributed by atoms with Crippen molar-refractivity contribution in [3.8, 4) is 12.3 Å². The Morgan fingerprint density at radius 2 is 1.83 bits per heavy atom. The lowest BCUT2D eigenvalue weighted by Crippen LogP contribution is -2.27. The molecule has 2 rings (SSSR count). The topological polar surface area (TPSA) is 37.4 Å². The molecule has 2 aromatic rings. The number of nitrogens with zero attached hydrogens (tertiary/aromatic N) is 1. The quantitative estimate of drug-likeness (QED) is 0.792. The zero-order valence-electron chi connectivity index (χ0n) is 10.00. The summed E-state index contributed by atoms with van der Waals surface area (Å²) in [6.45, 7) is 0.0611. The average Bonchev–Trinajstić information content (AvgIpc) is 2.38. The first-order chi connectivity index (χ1) is 8.57. The van der Waals surface area contributed by atoms with E-state index in [4.69, 9.17) is 6.42 Å². The number of rotatable bonds is 3. The van der Waals surface area contributed by atoms with Gasteiger partial charge in [-0.3, -0.25) is 0 Å². The van der Waals surface area contributed by atoms with Crippen molar-refractivity contribution in [2.45, 2.75) is 4.90 Å². The molecule has 92 valence electrons. The van der Waals surface area contributed by atoms with Gasteiger partial charge in [0.15, 0.2) is 0 Å². The summed E-state index contributed by atoms with van der Waals surface area (Å²) in [5.41, 5.74) is 0. The number of sulfonamides is 1. The number of hydrogen-bond donors (Lipinski definition) is 0. The van der Waals surface area contributed by atoms with Crippen molar-refractivity contribution in [2.75, 3.05) is 13.6 Å². The van der Waals surface area contributed by atoms with E-state index in [0.717, 1.165) is 5.39 Å². The third kappa shape index (κ3) is 2.10. The lowest BCUT2D eigenvalue weighted by Gasteiger charge is -2.15. The van der Waals surface area contributed by atoms with Crippen LogP contribution < -0.4 is 0 Å². The van der Waals surface area contributed by atoms with Crippen LogP contribution in [0.1, 0.15) is 0 Å². The van der Waals surface area contributed by atoms with Crippen LogP contribution in [-0.4, -0.2) is 26.3 Å². The van der Waals surface area contributed by atoms with E-state index in [0.29, 0.717) is 10.3 Å². The van der Waals surface area contributed by atoms with E-state index >= 15 is 0 Å². The molecular formula is C14H13NO2S. The molecule has 0 aliphatic heterocycles. The molecule has 0 saturated heterocycles. The minimum Gasteiger partial charge on any atom is -0.207 e. The van der Waals surface area contributed by atoms with Gasteiger partial charge in [-0.15, -0.1) is 6.42 Å². The summed E-state index contributed by atoms with van der Waals surface area (Å²) in [5.74, 6) is 2.34. The molecule has 0 radical (unpaired) electrons. The second-order valence-corrected chi connectivity index (χ2v) is 5.96. The molecule has 0 aliphatic carbocycles. The smallest absolute Gasteiger partial charge is 0.207 e. The van der Waals surface area contributed by atoms with E-state index < -0.39 is 10.0 Å². The standard InChI is InChI=1S/C14H13NO2S/c1-3-11-15(2)18(16,17)14-10-6-8-12-7-4-5-9-13(12)14/h1,4-10H,11H2,2H3. The van der Waals surface area contributed by atoms with Crippen molar-refractivity contribution >= 4 is 20.8 Å². The fourth-order valence-corrected chi connectivity index (χ4v) is 3.10. The van der Waals surface area contributed by atoms with Gasteiger partial charge in [-0.25, -0.2) is 8.42 Å². The molecule has 0 aliphatic rings. The van der Waals surface area contributed by atoms with Gasteiger partial charge in [0, 0.05) is 12.4 Å². The third-order valence-electron chi connectivity index (χ3n) is 2.75. The molecule has 0 unspecified atom stereocenters. The van der Waals surface area contributed by atoms with E-state index in [2.05, 4.69) is 5.92 Å². The molecule has 2 aromatic carbocycles. The second kappa shape index (κ2) is 4.81. The minimum absolute atomic E-state index is 0.0611. The van der Waals surface area contributed by atoms with E-state index in [-0.39, 0.29) is 6.54 Å². The van der Waals surface area contributed by atoms with Crippen LogP contribution in [0.3, 0.4) is 0 Å². The van der Waals surface area contributed by atoms with Crippen molar-refractivity contribution in [3.05, 3.63) is 42.5 Å². The van der Waals surface area contributed by atoms with Crippen LogP contribution in [0.15, 0.2) is 47.4 Å². The molecular weight excluding hydrogens is 246 g/mol. The lowest BCUT2D eigenvalue weighted by atomic mass is 10.1. The van der Waals surface area contributed by atoms with Gasteiger partial charge in [0.1, 0.15) is 0 Å². The highest BCUT2D eigenvalue weighted by atomic mass is 32.2. The molecule has 0 fully saturated rings. The number of benzene rings is 2. The Bertz CT molecular complexity index is 709. The van der Waals surface area contributed by atoms with Crippen molar-refractivity contribution < 1.29 is 8.42 Å². The molecule has 0 N–H and O–H groups in total. The molecule has 0 amide bonds. The highest BCUT2D eigenvalue weighted by molar-refractivity contribution is 7.89. The van der Waals surface area contributed by atoms with Crippen LogP contribution in [0, 0.1) is 12.3 Å². The van der Waals surface area contributed by atoms with Crippen LogP contribution >= 0.6 is 0 Å². The molecule has 0 spiro atoms. The highest BCUT2D eigenvalue weighted by Gasteiger charge is 2.21. The Labute approximate surface area is 107 Å². The average molecular weight is 259 g/mol. The largest absolute Gasteiger partial charge is 0.244 e. The van der Waals surface area contributed by atoms with Crippen molar-refractivity contribution in [1.82, 2.24) is 4.31 Å². The Morgan fingerprint density at radius 1 is 1.17 bits per heavy atom. The number of hydrogen-bond acceptors (Lipinski definition) is 2. The van der Waals surface area contributed by atoms with Crippen LogP contribution in [0.4, 0.5) is 0 Å². The summed E-state index contributed by atoms with van der Waals surface area (Å²) in [7, 11) is -2.05. The summed E-state index contributed by atoms with van der Waals surface area (Å²) in [5, 5.41) is 1.61. The Morgan fingerprint density at radius 3 is 2.56 bits per heavy atom. The fourth-order valence-electron chi connectivity index (χ4n) is 1.80. The summed E-state index contributed by atoms with van der Waals surface area (Å²) in [4.78, 5) is 0.290. The summed E-state index contributed by atoms with van der Waals surface area (Å²) >= 11 is 0. The fraction of sp³-hybridized carbons (Fsp3) is 0.143. The van der Waals surface area contributed by atoms with Gasteiger partial charge in [0.25, 0.3) is 0 Å². The van der Waals surface area contributed by atoms with E-state index in [1.807, 2.05) is 24.3 Å². The van der Waals surface area contributed by atoms with E-state index in [9.17, 15) is 8.42 Å². The normalized spacial score (nSPS) is 11.6. The van der Waals surface area contributed by atoms with Gasteiger partial charge in [-0.05, 0) is 11.5 Å². The zero-order valence-corrected chi connectivity index (χ0v) is 10.8. The highest BCUT2D eigenvalue weighted by Crippen LogP contribution is 2.24. The number of fused-ring (bicyclic) bond motifs is 1. The van der Waals surface area contributed by atoms with E-state index in [1.54, 1.807) is 18.2 Å². The molecule has 0 heterocycles. The minimum atomic E-state index is -3.54. The first-order valence-electron chi connectivity index (χ1n) is 5.45. The third-order valence-corrected chi connectivity index (χ3v) is 4.61. The monoisotopic (exact) mass is 259 g/mol. The summed E-state index contributed by atoms with van der Waals surface area (Å²) in [6, 6.07) is 12.6. The van der Waals surface area contributed by atoms with Crippen molar-refractivity contribution in [2.24, 2.45) is 0 Å². The maximum absolute atomic E-state index is 12.4. The van der Waals surface area contributed by atoms with Gasteiger partial charge in [0.2, 0.25) is 10.0 Å². The van der Waals surface area contributed by atoms with E-state index in [1.165, 1.54) is 11.4 Å². The molecule has 18 heavy (non-hydrogen) atoms. The van der Waals surface area contributed by atoms with Crippen LogP contribution in [-0.2, 0) is 10.0 Å². The predicted octanol–water partition coefficient (Wildman–Crippen LogP) is 2.09. The molecule has 0 bridgehead atoms. The van der Waals surface area contributed by atoms with Crippen LogP contribution in [0.5, 0.6) is 0 Å². The summed E-state index contributed by atoms with van der Waals surface area (Å²) < 4.78 is 25.9. The molecule has 3 nitrogen and oxygen atoms in total. The molecule has 0 saturated carbocycles. The van der Waals surface area contributed by atoms with Gasteiger partial charge in [-0.1, -0.05) is 42.3 Å². The van der Waals surface area contributed by atoms with Gasteiger partial charge in [-0.2, -0.15) is 4.31 Å². The van der Waals surface area contributed by atoms with Crippen LogP contribution in [0.2, 0.25) is 0 Å². The molecule has 4 heteroatoms. The Hall–Kier alpha value is -1.83. The zero-order chi connectivity index (χ0) is 13.2. The van der Waals surface area contributed by atoms with Gasteiger partial charge in [0.05, 0.1) is 11.4 Å².